The summed E-state index contributed by atoms with van der Waals surface area (Å²) >= 11 is 0. The highest BCUT2D eigenvalue weighted by atomic mass is 16.3. The van der Waals surface area contributed by atoms with Gasteiger partial charge in [-0.1, -0.05) is 12.1 Å². The van der Waals surface area contributed by atoms with Gasteiger partial charge in [-0.25, -0.2) is 4.98 Å². The Hall–Kier alpha value is -2.36. The molecule has 0 aliphatic heterocycles. The molecule has 0 aliphatic carbocycles. The van der Waals surface area contributed by atoms with E-state index in [2.05, 4.69) is 4.98 Å². The van der Waals surface area contributed by atoms with Crippen LogP contribution in [0.5, 0.6) is 0 Å². The van der Waals surface area contributed by atoms with Crippen LogP contribution in [-0.4, -0.2) is 15.8 Å². The van der Waals surface area contributed by atoms with Gasteiger partial charge in [-0.3, -0.25) is 4.79 Å². The number of carbonyl (C=O) groups excluding carboxylic acids is 1. The molecule has 0 N–H and O–H groups in total. The number of hydrogen-bond donors (Lipinski definition) is 0. The Morgan fingerprint density at radius 2 is 2.12 bits per heavy atom. The Morgan fingerprint density at radius 3 is 2.94 bits per heavy atom. The van der Waals surface area contributed by atoms with Crippen molar-refractivity contribution in [2.45, 2.75) is 6.54 Å². The van der Waals surface area contributed by atoms with E-state index in [0.29, 0.717) is 18.6 Å². The number of aldehydes is 1. The Bertz CT molecular complexity index is 667. The molecule has 0 saturated carbocycles. The number of nitrogens with zero attached hydrogens (tertiary/aromatic N) is 2. The summed E-state index contributed by atoms with van der Waals surface area (Å²) in [5, 5.41) is 0. The summed E-state index contributed by atoms with van der Waals surface area (Å²) in [5.41, 5.74) is 2.01. The molecule has 0 radical (unpaired) electrons. The maximum absolute atomic E-state index is 10.5. The largest absolute Gasteiger partial charge is 0.456 e. The normalized spacial score (nSPS) is 10.8. The average molecular weight is 226 g/mol. The molecule has 0 amide bonds. The van der Waals surface area contributed by atoms with Gasteiger partial charge in [-0.15, -0.1) is 0 Å². The topological polar surface area (TPSA) is 48.0 Å². The van der Waals surface area contributed by atoms with E-state index in [1.54, 1.807) is 18.5 Å². The van der Waals surface area contributed by atoms with Gasteiger partial charge in [0, 0.05) is 0 Å². The van der Waals surface area contributed by atoms with Crippen LogP contribution < -0.4 is 0 Å². The number of hydrogen-bond acceptors (Lipinski definition) is 3. The first-order valence-electron chi connectivity index (χ1n) is 5.30. The van der Waals surface area contributed by atoms with Crippen molar-refractivity contribution < 1.29 is 9.21 Å². The average Bonchev–Trinajstić information content (AvgIpc) is 2.97. The van der Waals surface area contributed by atoms with Gasteiger partial charge < -0.3 is 8.98 Å². The second kappa shape index (κ2) is 3.90. The number of carbonyl (C=O) groups is 1. The van der Waals surface area contributed by atoms with Crippen LogP contribution in [0.4, 0.5) is 0 Å². The van der Waals surface area contributed by atoms with Gasteiger partial charge >= 0.3 is 0 Å². The minimum Gasteiger partial charge on any atom is -0.456 e. The van der Waals surface area contributed by atoms with Crippen LogP contribution in [0.25, 0.3) is 11.0 Å². The third-order valence-corrected chi connectivity index (χ3v) is 2.65. The maximum Gasteiger partial charge on any atom is 0.185 e. The van der Waals surface area contributed by atoms with Crippen LogP contribution in [0.1, 0.15) is 16.3 Å². The lowest BCUT2D eigenvalue weighted by Crippen LogP contribution is -1.96. The van der Waals surface area contributed by atoms with Crippen LogP contribution in [0.15, 0.2) is 47.1 Å². The lowest BCUT2D eigenvalue weighted by Gasteiger charge is -2.00. The number of benzene rings is 1. The molecular formula is C13H10N2O2. The molecule has 1 aromatic carbocycles. The Morgan fingerprint density at radius 1 is 1.24 bits per heavy atom. The van der Waals surface area contributed by atoms with Crippen LogP contribution in [0, 0.1) is 0 Å². The fourth-order valence-corrected chi connectivity index (χ4v) is 1.85. The number of imidazole rings is 1. The third kappa shape index (κ3) is 1.73. The Kier molecular flexibility index (Phi) is 2.26. The zero-order chi connectivity index (χ0) is 11.7. The summed E-state index contributed by atoms with van der Waals surface area (Å²) in [6.45, 7) is 0.578. The third-order valence-electron chi connectivity index (χ3n) is 2.65. The molecule has 4 heteroatoms. The number of rotatable bonds is 3. The van der Waals surface area contributed by atoms with Crippen LogP contribution in [-0.2, 0) is 6.54 Å². The molecule has 0 saturated heterocycles. The molecule has 0 aliphatic rings. The molecule has 2 aromatic heterocycles. The molecule has 0 bridgehead atoms. The molecule has 84 valence electrons. The highest BCUT2D eigenvalue weighted by Crippen LogP contribution is 2.15. The first-order valence-corrected chi connectivity index (χ1v) is 5.30. The van der Waals surface area contributed by atoms with Gasteiger partial charge in [0.05, 0.1) is 23.9 Å². The van der Waals surface area contributed by atoms with E-state index in [9.17, 15) is 4.79 Å². The molecule has 2 heterocycles. The smallest absolute Gasteiger partial charge is 0.185 e. The van der Waals surface area contributed by atoms with E-state index in [0.717, 1.165) is 16.8 Å². The number of furan rings is 1. The predicted octanol–water partition coefficient (Wildman–Crippen LogP) is 2.49. The number of para-hydroxylation sites is 2. The lowest BCUT2D eigenvalue weighted by atomic mass is 10.3. The van der Waals surface area contributed by atoms with Gasteiger partial charge in [0.2, 0.25) is 0 Å². The SMILES string of the molecule is O=Cc1ccc(Cn2cnc3ccccc32)o1. The highest BCUT2D eigenvalue weighted by molar-refractivity contribution is 5.75. The van der Waals surface area contributed by atoms with E-state index in [-0.39, 0.29) is 0 Å². The van der Waals surface area contributed by atoms with E-state index >= 15 is 0 Å². The zero-order valence-electron chi connectivity index (χ0n) is 9.04. The summed E-state index contributed by atoms with van der Waals surface area (Å²) in [6, 6.07) is 11.4. The molecular weight excluding hydrogens is 216 g/mol. The van der Waals surface area contributed by atoms with Crippen LogP contribution in [0.2, 0.25) is 0 Å². The lowest BCUT2D eigenvalue weighted by molar-refractivity contribution is 0.109. The standard InChI is InChI=1S/C13H10N2O2/c16-8-11-6-5-10(17-11)7-15-9-14-12-3-1-2-4-13(12)15/h1-6,8-9H,7H2. The minimum absolute atomic E-state index is 0.351. The van der Waals surface area contributed by atoms with Crippen molar-refractivity contribution in [1.29, 1.82) is 0 Å². The molecule has 4 nitrogen and oxygen atoms in total. The first-order chi connectivity index (χ1) is 8.36. The highest BCUT2D eigenvalue weighted by Gasteiger charge is 2.05. The van der Waals surface area contributed by atoms with E-state index in [4.69, 9.17) is 4.42 Å². The van der Waals surface area contributed by atoms with Gasteiger partial charge in [-0.05, 0) is 24.3 Å². The van der Waals surface area contributed by atoms with E-state index < -0.39 is 0 Å². The van der Waals surface area contributed by atoms with Crippen molar-refractivity contribution in [3.05, 3.63) is 54.2 Å². The monoisotopic (exact) mass is 226 g/mol. The second-order valence-electron chi connectivity index (χ2n) is 3.78. The van der Waals surface area contributed by atoms with Gasteiger partial charge in [0.15, 0.2) is 12.0 Å². The van der Waals surface area contributed by atoms with Crippen molar-refractivity contribution in [2.75, 3.05) is 0 Å². The second-order valence-corrected chi connectivity index (χ2v) is 3.78. The fourth-order valence-electron chi connectivity index (χ4n) is 1.85. The molecule has 0 spiro atoms. The van der Waals surface area contributed by atoms with Crippen LogP contribution >= 0.6 is 0 Å². The summed E-state index contributed by atoms with van der Waals surface area (Å²) in [4.78, 5) is 14.8. The van der Waals surface area contributed by atoms with Gasteiger partial charge in [-0.2, -0.15) is 0 Å². The summed E-state index contributed by atoms with van der Waals surface area (Å²) < 4.78 is 7.33. The summed E-state index contributed by atoms with van der Waals surface area (Å²) in [7, 11) is 0. The zero-order valence-corrected chi connectivity index (χ0v) is 9.04. The quantitative estimate of drug-likeness (QED) is 0.644. The van der Waals surface area contributed by atoms with Gasteiger partial charge in [0.25, 0.3) is 0 Å². The molecule has 3 aromatic rings. The number of fused-ring (bicyclic) bond motifs is 1. The van der Waals surface area contributed by atoms with Crippen molar-refractivity contribution in [2.24, 2.45) is 0 Å². The Labute approximate surface area is 97.5 Å². The van der Waals surface area contributed by atoms with Crippen molar-refractivity contribution in [3.63, 3.8) is 0 Å². The summed E-state index contributed by atoms with van der Waals surface area (Å²) in [5.74, 6) is 1.10. The maximum atomic E-state index is 10.5. The minimum atomic E-state index is 0.351. The molecule has 0 unspecified atom stereocenters. The number of aromatic nitrogens is 2. The molecule has 3 rings (SSSR count). The fraction of sp³-hybridized carbons (Fsp3) is 0.0769. The van der Waals surface area contributed by atoms with Crippen molar-refractivity contribution in [3.8, 4) is 0 Å². The van der Waals surface area contributed by atoms with Crippen molar-refractivity contribution >= 4 is 17.3 Å². The van der Waals surface area contributed by atoms with Gasteiger partial charge in [0.1, 0.15) is 5.76 Å². The molecule has 0 fully saturated rings. The van der Waals surface area contributed by atoms with Crippen LogP contribution in [0.3, 0.4) is 0 Å². The van der Waals surface area contributed by atoms with E-state index in [1.807, 2.05) is 28.8 Å². The van der Waals surface area contributed by atoms with E-state index in [1.165, 1.54) is 0 Å². The predicted molar refractivity (Wildman–Crippen MR) is 62.9 cm³/mol. The molecule has 17 heavy (non-hydrogen) atoms. The van der Waals surface area contributed by atoms with Crippen molar-refractivity contribution in [1.82, 2.24) is 9.55 Å². The first kappa shape index (κ1) is 9.84. The summed E-state index contributed by atoms with van der Waals surface area (Å²) in [6.07, 6.45) is 2.48. The Balaban J connectivity index is 1.96. The molecule has 0 atom stereocenters.